The Morgan fingerprint density at radius 3 is 2.96 bits per heavy atom. The van der Waals surface area contributed by atoms with E-state index in [9.17, 15) is 4.79 Å². The number of likely N-dealkylation sites (tertiary alicyclic amines) is 1. The summed E-state index contributed by atoms with van der Waals surface area (Å²) < 4.78 is 5.95. The van der Waals surface area contributed by atoms with Crippen LogP contribution in [0.5, 0.6) is 5.75 Å². The summed E-state index contributed by atoms with van der Waals surface area (Å²) >= 11 is 0. The van der Waals surface area contributed by atoms with E-state index < -0.39 is 0 Å². The van der Waals surface area contributed by atoms with Gasteiger partial charge in [0.2, 0.25) is 5.91 Å². The number of hydrogen-bond acceptors (Lipinski definition) is 5. The van der Waals surface area contributed by atoms with E-state index in [0.717, 1.165) is 53.8 Å². The summed E-state index contributed by atoms with van der Waals surface area (Å²) in [7, 11) is 0. The van der Waals surface area contributed by atoms with Crippen LogP contribution in [-0.4, -0.2) is 45.7 Å². The van der Waals surface area contributed by atoms with Crippen molar-refractivity contribution in [1.82, 2.24) is 20.1 Å². The fourth-order valence-corrected chi connectivity index (χ4v) is 3.30. The van der Waals surface area contributed by atoms with Gasteiger partial charge in [0.05, 0.1) is 17.8 Å². The minimum absolute atomic E-state index is 0.245. The number of aromatic nitrogens is 3. The molecule has 0 atom stereocenters. The largest absolute Gasteiger partial charge is 0.493 e. The summed E-state index contributed by atoms with van der Waals surface area (Å²) in [6.07, 6.45) is 4.14. The van der Waals surface area contributed by atoms with E-state index in [1.807, 2.05) is 29.2 Å². The molecule has 134 valence electrons. The number of H-pyrrole nitrogens is 1. The minimum Gasteiger partial charge on any atom is -0.493 e. The molecule has 7 heteroatoms. The van der Waals surface area contributed by atoms with Gasteiger partial charge in [-0.2, -0.15) is 5.10 Å². The zero-order valence-electron chi connectivity index (χ0n) is 14.4. The first-order valence-corrected chi connectivity index (χ1v) is 8.81. The van der Waals surface area contributed by atoms with E-state index in [4.69, 9.17) is 10.5 Å². The molecule has 3 N–H and O–H groups in total. The first kappa shape index (κ1) is 16.4. The molecule has 0 spiro atoms. The van der Waals surface area contributed by atoms with Gasteiger partial charge in [0.25, 0.3) is 0 Å². The van der Waals surface area contributed by atoms with Crippen LogP contribution in [0.15, 0.2) is 36.5 Å². The molecule has 2 aromatic heterocycles. The summed E-state index contributed by atoms with van der Waals surface area (Å²) in [5.41, 5.74) is 8.65. The second-order valence-corrected chi connectivity index (χ2v) is 6.43. The number of nitrogen functional groups attached to an aromatic ring is 1. The van der Waals surface area contributed by atoms with Crippen LogP contribution in [0.1, 0.15) is 19.3 Å². The molecule has 1 aromatic carbocycles. The van der Waals surface area contributed by atoms with E-state index in [2.05, 4.69) is 15.2 Å². The van der Waals surface area contributed by atoms with Gasteiger partial charge in [0.1, 0.15) is 11.6 Å². The van der Waals surface area contributed by atoms with Crippen molar-refractivity contribution in [3.8, 4) is 17.0 Å². The monoisotopic (exact) mass is 351 g/mol. The Labute approximate surface area is 151 Å². The van der Waals surface area contributed by atoms with Gasteiger partial charge in [-0.1, -0.05) is 6.07 Å². The number of ether oxygens (including phenoxy) is 1. The molecule has 0 unspecified atom stereocenters. The molecular formula is C19H21N5O2. The molecule has 1 fully saturated rings. The molecule has 7 nitrogen and oxygen atoms in total. The number of nitrogens with one attached hydrogen (secondary N) is 1. The third-order valence-corrected chi connectivity index (χ3v) is 4.60. The topological polar surface area (TPSA) is 97.1 Å². The first-order valence-electron chi connectivity index (χ1n) is 8.81. The Balaban J connectivity index is 1.48. The quantitative estimate of drug-likeness (QED) is 0.665. The fourth-order valence-electron chi connectivity index (χ4n) is 3.30. The van der Waals surface area contributed by atoms with Crippen LogP contribution in [0.2, 0.25) is 0 Å². The fraction of sp³-hybridized carbons (Fsp3) is 0.316. The van der Waals surface area contributed by atoms with Crippen LogP contribution in [0.4, 0.5) is 5.82 Å². The zero-order valence-corrected chi connectivity index (χ0v) is 14.4. The van der Waals surface area contributed by atoms with Crippen molar-refractivity contribution in [2.75, 3.05) is 25.4 Å². The molecule has 0 bridgehead atoms. The number of pyridine rings is 1. The third-order valence-electron chi connectivity index (χ3n) is 4.60. The standard InChI is InChI=1S/C19H21N5O2/c20-18-12-17(26-10-2-9-24-8-1-3-19(24)25)14-5-4-13(11-16(14)22-18)15-6-7-21-23-15/h4-7,11-12H,1-3,8-10H2,(H2,20,22)(H,21,23). The van der Waals surface area contributed by atoms with Gasteiger partial charge in [-0.15, -0.1) is 0 Å². The number of anilines is 1. The van der Waals surface area contributed by atoms with Crippen molar-refractivity contribution in [1.29, 1.82) is 0 Å². The first-order chi connectivity index (χ1) is 12.7. The highest BCUT2D eigenvalue weighted by atomic mass is 16.5. The number of nitrogens with zero attached hydrogens (tertiary/aromatic N) is 3. The SMILES string of the molecule is Nc1cc(OCCCN2CCCC2=O)c2ccc(-c3ccn[nH]3)cc2n1. The molecule has 0 saturated carbocycles. The highest BCUT2D eigenvalue weighted by Crippen LogP contribution is 2.30. The van der Waals surface area contributed by atoms with Crippen molar-refractivity contribution in [2.45, 2.75) is 19.3 Å². The second kappa shape index (κ2) is 7.03. The lowest BCUT2D eigenvalue weighted by Crippen LogP contribution is -2.26. The Hall–Kier alpha value is -3.09. The average molecular weight is 351 g/mol. The van der Waals surface area contributed by atoms with Crippen LogP contribution in [0.25, 0.3) is 22.2 Å². The number of fused-ring (bicyclic) bond motifs is 1. The number of benzene rings is 1. The zero-order chi connectivity index (χ0) is 17.9. The molecule has 0 aliphatic carbocycles. The maximum atomic E-state index is 11.6. The van der Waals surface area contributed by atoms with Crippen LogP contribution in [0.3, 0.4) is 0 Å². The molecule has 1 amide bonds. The van der Waals surface area contributed by atoms with Gasteiger partial charge in [-0.05, 0) is 31.0 Å². The number of aromatic amines is 1. The molecule has 1 aliphatic rings. The molecule has 3 heterocycles. The normalized spacial score (nSPS) is 14.3. The van der Waals surface area contributed by atoms with Gasteiger partial charge >= 0.3 is 0 Å². The number of nitrogens with two attached hydrogens (primary N) is 1. The van der Waals surface area contributed by atoms with Crippen molar-refractivity contribution < 1.29 is 9.53 Å². The lowest BCUT2D eigenvalue weighted by molar-refractivity contribution is -0.127. The van der Waals surface area contributed by atoms with Crippen molar-refractivity contribution in [3.63, 3.8) is 0 Å². The average Bonchev–Trinajstić information content (AvgIpc) is 3.30. The lowest BCUT2D eigenvalue weighted by Gasteiger charge is -2.16. The van der Waals surface area contributed by atoms with E-state index in [1.54, 1.807) is 12.3 Å². The Morgan fingerprint density at radius 1 is 1.27 bits per heavy atom. The maximum absolute atomic E-state index is 11.6. The summed E-state index contributed by atoms with van der Waals surface area (Å²) in [5, 5.41) is 7.84. The number of amides is 1. The van der Waals surface area contributed by atoms with Gasteiger partial charge < -0.3 is 15.4 Å². The highest BCUT2D eigenvalue weighted by Gasteiger charge is 2.19. The Morgan fingerprint density at radius 2 is 2.19 bits per heavy atom. The van der Waals surface area contributed by atoms with Gasteiger partial charge in [-0.3, -0.25) is 9.89 Å². The Kier molecular flexibility index (Phi) is 4.43. The lowest BCUT2D eigenvalue weighted by atomic mass is 10.1. The van der Waals surface area contributed by atoms with Crippen LogP contribution in [0, 0.1) is 0 Å². The van der Waals surface area contributed by atoms with E-state index in [-0.39, 0.29) is 5.91 Å². The molecular weight excluding hydrogens is 330 g/mol. The van der Waals surface area contributed by atoms with E-state index >= 15 is 0 Å². The molecule has 1 aliphatic heterocycles. The van der Waals surface area contributed by atoms with Crippen LogP contribution < -0.4 is 10.5 Å². The molecule has 4 rings (SSSR count). The van der Waals surface area contributed by atoms with E-state index in [1.165, 1.54) is 0 Å². The number of carbonyl (C=O) groups is 1. The molecule has 26 heavy (non-hydrogen) atoms. The van der Waals surface area contributed by atoms with Crippen molar-refractivity contribution >= 4 is 22.6 Å². The number of rotatable bonds is 6. The summed E-state index contributed by atoms with van der Waals surface area (Å²) in [6, 6.07) is 9.61. The van der Waals surface area contributed by atoms with Gasteiger partial charge in [0.15, 0.2) is 0 Å². The number of carbonyl (C=O) groups excluding carboxylic acids is 1. The van der Waals surface area contributed by atoms with Crippen LogP contribution in [-0.2, 0) is 4.79 Å². The van der Waals surface area contributed by atoms with Crippen LogP contribution >= 0.6 is 0 Å². The van der Waals surface area contributed by atoms with Gasteiger partial charge in [-0.25, -0.2) is 4.98 Å². The summed E-state index contributed by atoms with van der Waals surface area (Å²) in [5.74, 6) is 1.38. The molecule has 3 aromatic rings. The smallest absolute Gasteiger partial charge is 0.222 e. The highest BCUT2D eigenvalue weighted by molar-refractivity contribution is 5.90. The Bertz CT molecular complexity index is 923. The molecule has 1 saturated heterocycles. The van der Waals surface area contributed by atoms with Crippen molar-refractivity contribution in [3.05, 3.63) is 36.5 Å². The maximum Gasteiger partial charge on any atom is 0.222 e. The predicted molar refractivity (Wildman–Crippen MR) is 99.7 cm³/mol. The molecule has 0 radical (unpaired) electrons. The predicted octanol–water partition coefficient (Wildman–Crippen LogP) is 2.60. The minimum atomic E-state index is 0.245. The number of hydrogen-bond donors (Lipinski definition) is 2. The second-order valence-electron chi connectivity index (χ2n) is 6.43. The summed E-state index contributed by atoms with van der Waals surface area (Å²) in [6.45, 7) is 2.13. The summed E-state index contributed by atoms with van der Waals surface area (Å²) in [4.78, 5) is 18.0. The van der Waals surface area contributed by atoms with E-state index in [0.29, 0.717) is 18.8 Å². The third kappa shape index (κ3) is 3.33. The van der Waals surface area contributed by atoms with Crippen molar-refractivity contribution in [2.24, 2.45) is 0 Å². The van der Waals surface area contributed by atoms with Gasteiger partial charge in [0, 0.05) is 42.7 Å².